The number of piperazine rings is 1. The molecule has 0 unspecified atom stereocenters. The van der Waals surface area contributed by atoms with Crippen LogP contribution in [0.15, 0.2) is 24.3 Å². The molecule has 1 fully saturated rings. The Morgan fingerprint density at radius 3 is 2.21 bits per heavy atom. The predicted molar refractivity (Wildman–Crippen MR) is 98.5 cm³/mol. The van der Waals surface area contributed by atoms with Gasteiger partial charge in [0.15, 0.2) is 5.78 Å². The summed E-state index contributed by atoms with van der Waals surface area (Å²) < 4.78 is 0. The predicted octanol–water partition coefficient (Wildman–Crippen LogP) is 3.75. The lowest BCUT2D eigenvalue weighted by atomic mass is 10.1. The molecule has 4 nitrogen and oxygen atoms in total. The number of ketones is 1. The number of carbonyl (C=O) groups is 2. The molecule has 24 heavy (non-hydrogen) atoms. The summed E-state index contributed by atoms with van der Waals surface area (Å²) >= 11 is 0. The Hall–Kier alpha value is -1.84. The van der Waals surface area contributed by atoms with Crippen LogP contribution in [0.25, 0.3) is 0 Å². The number of carbonyl (C=O) groups excluding carboxylic acids is 2. The molecule has 0 radical (unpaired) electrons. The van der Waals surface area contributed by atoms with Crippen LogP contribution in [-0.2, 0) is 4.79 Å². The van der Waals surface area contributed by atoms with E-state index in [9.17, 15) is 9.59 Å². The average molecular weight is 330 g/mol. The second kappa shape index (κ2) is 8.86. The van der Waals surface area contributed by atoms with Gasteiger partial charge in [0.05, 0.1) is 0 Å². The largest absolute Gasteiger partial charge is 0.368 e. The van der Waals surface area contributed by atoms with Crippen molar-refractivity contribution in [3.05, 3.63) is 29.8 Å². The number of benzene rings is 1. The highest BCUT2D eigenvalue weighted by molar-refractivity contribution is 5.96. The maximum atomic E-state index is 12.2. The molecule has 0 saturated carbocycles. The molecule has 4 heteroatoms. The molecule has 1 aliphatic heterocycles. The number of hydrogen-bond acceptors (Lipinski definition) is 3. The van der Waals surface area contributed by atoms with E-state index in [0.717, 1.165) is 50.3 Å². The molecule has 0 N–H and O–H groups in total. The van der Waals surface area contributed by atoms with Crippen molar-refractivity contribution in [2.75, 3.05) is 31.1 Å². The van der Waals surface area contributed by atoms with Crippen LogP contribution in [0, 0.1) is 5.92 Å². The van der Waals surface area contributed by atoms with Gasteiger partial charge in [-0.2, -0.15) is 0 Å². The molecule has 132 valence electrons. The maximum absolute atomic E-state index is 12.2. The van der Waals surface area contributed by atoms with Gasteiger partial charge in [-0.3, -0.25) is 9.59 Å². The van der Waals surface area contributed by atoms with Crippen LogP contribution in [0.5, 0.6) is 0 Å². The summed E-state index contributed by atoms with van der Waals surface area (Å²) in [5, 5.41) is 0. The van der Waals surface area contributed by atoms with Crippen molar-refractivity contribution in [2.45, 2.75) is 46.5 Å². The fourth-order valence-electron chi connectivity index (χ4n) is 3.10. The number of amides is 1. The van der Waals surface area contributed by atoms with E-state index in [-0.39, 0.29) is 5.78 Å². The lowest BCUT2D eigenvalue weighted by Crippen LogP contribution is -2.48. The number of anilines is 1. The summed E-state index contributed by atoms with van der Waals surface area (Å²) in [5.41, 5.74) is 1.91. The number of Topliss-reactive ketones (excluding diaryl/α,β-unsaturated/α-hetero) is 1. The quantitative estimate of drug-likeness (QED) is 0.715. The third-order valence-corrected chi connectivity index (χ3v) is 4.68. The van der Waals surface area contributed by atoms with Crippen molar-refractivity contribution in [1.82, 2.24) is 4.90 Å². The molecular formula is C20H30N2O2. The van der Waals surface area contributed by atoms with Crippen molar-refractivity contribution >= 4 is 17.4 Å². The van der Waals surface area contributed by atoms with Crippen molar-refractivity contribution in [3.63, 3.8) is 0 Å². The second-order valence-electron chi connectivity index (χ2n) is 6.98. The first-order chi connectivity index (χ1) is 11.5. The van der Waals surface area contributed by atoms with E-state index in [1.165, 1.54) is 0 Å². The van der Waals surface area contributed by atoms with Crippen LogP contribution in [-0.4, -0.2) is 42.8 Å². The van der Waals surface area contributed by atoms with E-state index in [1.807, 2.05) is 36.1 Å². The molecule has 0 atom stereocenters. The van der Waals surface area contributed by atoms with Gasteiger partial charge in [-0.05, 0) is 36.6 Å². The minimum absolute atomic E-state index is 0.179. The number of nitrogens with zero attached hydrogens (tertiary/aromatic N) is 2. The zero-order chi connectivity index (χ0) is 17.5. The van der Waals surface area contributed by atoms with Crippen LogP contribution < -0.4 is 4.90 Å². The third kappa shape index (κ3) is 5.08. The van der Waals surface area contributed by atoms with Crippen molar-refractivity contribution in [1.29, 1.82) is 0 Å². The van der Waals surface area contributed by atoms with E-state index in [0.29, 0.717) is 24.7 Å². The Labute approximate surface area is 145 Å². The molecule has 0 spiro atoms. The molecule has 1 amide bonds. The van der Waals surface area contributed by atoms with Crippen molar-refractivity contribution in [3.8, 4) is 0 Å². The summed E-state index contributed by atoms with van der Waals surface area (Å²) in [5.74, 6) is 1.13. The summed E-state index contributed by atoms with van der Waals surface area (Å²) in [6.45, 7) is 9.57. The minimum Gasteiger partial charge on any atom is -0.368 e. The maximum Gasteiger partial charge on any atom is 0.222 e. The van der Waals surface area contributed by atoms with Crippen molar-refractivity contribution in [2.24, 2.45) is 5.92 Å². The van der Waals surface area contributed by atoms with E-state index >= 15 is 0 Å². The van der Waals surface area contributed by atoms with Gasteiger partial charge in [0.1, 0.15) is 0 Å². The number of rotatable bonds is 7. The average Bonchev–Trinajstić information content (AvgIpc) is 2.61. The van der Waals surface area contributed by atoms with Crippen LogP contribution >= 0.6 is 0 Å². The molecule has 2 rings (SSSR count). The Kier molecular flexibility index (Phi) is 6.83. The summed E-state index contributed by atoms with van der Waals surface area (Å²) in [7, 11) is 0. The van der Waals surface area contributed by atoms with Crippen LogP contribution in [0.2, 0.25) is 0 Å². The zero-order valence-corrected chi connectivity index (χ0v) is 15.3. The van der Waals surface area contributed by atoms with Crippen LogP contribution in [0.4, 0.5) is 5.69 Å². The lowest BCUT2D eigenvalue weighted by Gasteiger charge is -2.36. The first-order valence-corrected chi connectivity index (χ1v) is 9.17. The SMILES string of the molecule is CCC(=O)c1ccc(N2CCN(C(=O)CCCC(C)C)CC2)cc1. The summed E-state index contributed by atoms with van der Waals surface area (Å²) in [6, 6.07) is 7.85. The van der Waals surface area contributed by atoms with Crippen LogP contribution in [0.3, 0.4) is 0 Å². The van der Waals surface area contributed by atoms with E-state index in [2.05, 4.69) is 18.7 Å². The smallest absolute Gasteiger partial charge is 0.222 e. The molecule has 1 aliphatic rings. The normalized spacial score (nSPS) is 15.0. The van der Waals surface area contributed by atoms with Gasteiger partial charge < -0.3 is 9.80 Å². The van der Waals surface area contributed by atoms with Gasteiger partial charge in [0, 0.05) is 50.3 Å². The first kappa shape index (κ1) is 18.5. The Morgan fingerprint density at radius 1 is 1.04 bits per heavy atom. The highest BCUT2D eigenvalue weighted by atomic mass is 16.2. The van der Waals surface area contributed by atoms with Crippen LogP contribution in [0.1, 0.15) is 56.8 Å². The van der Waals surface area contributed by atoms with Gasteiger partial charge in [-0.1, -0.05) is 27.2 Å². The van der Waals surface area contributed by atoms with E-state index in [4.69, 9.17) is 0 Å². The Bertz CT molecular complexity index is 543. The molecule has 1 aromatic carbocycles. The standard InChI is InChI=1S/C20H30N2O2/c1-4-19(23)17-8-10-18(11-9-17)21-12-14-22(15-13-21)20(24)7-5-6-16(2)3/h8-11,16H,4-7,12-15H2,1-3H3. The van der Waals surface area contributed by atoms with E-state index in [1.54, 1.807) is 0 Å². The molecule has 1 heterocycles. The van der Waals surface area contributed by atoms with Gasteiger partial charge in [-0.15, -0.1) is 0 Å². The molecular weight excluding hydrogens is 300 g/mol. The topological polar surface area (TPSA) is 40.6 Å². The Balaban J connectivity index is 1.81. The Morgan fingerprint density at radius 2 is 1.67 bits per heavy atom. The molecule has 0 bridgehead atoms. The molecule has 0 aromatic heterocycles. The summed E-state index contributed by atoms with van der Waals surface area (Å²) in [4.78, 5) is 28.2. The first-order valence-electron chi connectivity index (χ1n) is 9.17. The van der Waals surface area contributed by atoms with Gasteiger partial charge in [0.25, 0.3) is 0 Å². The van der Waals surface area contributed by atoms with E-state index < -0.39 is 0 Å². The highest BCUT2D eigenvalue weighted by Crippen LogP contribution is 2.19. The molecule has 1 aromatic rings. The zero-order valence-electron chi connectivity index (χ0n) is 15.3. The minimum atomic E-state index is 0.179. The van der Waals surface area contributed by atoms with Gasteiger partial charge in [-0.25, -0.2) is 0 Å². The lowest BCUT2D eigenvalue weighted by molar-refractivity contribution is -0.131. The van der Waals surface area contributed by atoms with Crippen molar-refractivity contribution < 1.29 is 9.59 Å². The fraction of sp³-hybridized carbons (Fsp3) is 0.600. The summed E-state index contributed by atoms with van der Waals surface area (Å²) in [6.07, 6.45) is 3.32. The second-order valence-corrected chi connectivity index (χ2v) is 6.98. The monoisotopic (exact) mass is 330 g/mol. The molecule has 0 aliphatic carbocycles. The van der Waals surface area contributed by atoms with Gasteiger partial charge >= 0.3 is 0 Å². The highest BCUT2D eigenvalue weighted by Gasteiger charge is 2.21. The molecule has 1 saturated heterocycles. The third-order valence-electron chi connectivity index (χ3n) is 4.68. The van der Waals surface area contributed by atoms with Gasteiger partial charge in [0.2, 0.25) is 5.91 Å². The number of hydrogen-bond donors (Lipinski definition) is 0. The fourth-order valence-corrected chi connectivity index (χ4v) is 3.10.